The van der Waals surface area contributed by atoms with Crippen LogP contribution in [0.2, 0.25) is 10.0 Å². The molecule has 0 fully saturated rings. The molecule has 0 radical (unpaired) electrons. The van der Waals surface area contributed by atoms with E-state index in [2.05, 4.69) is 6.58 Å². The third-order valence-corrected chi connectivity index (χ3v) is 8.20. The highest BCUT2D eigenvalue weighted by atomic mass is 35.5. The number of fused-ring (bicyclic) bond motifs is 1. The van der Waals surface area contributed by atoms with E-state index < -0.39 is 25.1 Å². The van der Waals surface area contributed by atoms with Gasteiger partial charge < -0.3 is 9.26 Å². The van der Waals surface area contributed by atoms with Gasteiger partial charge in [-0.2, -0.15) is 0 Å². The zero-order valence-electron chi connectivity index (χ0n) is 17.1. The zero-order chi connectivity index (χ0) is 22.5. The molecule has 9 heteroatoms. The Balaban J connectivity index is 2.43. The second-order valence-electron chi connectivity index (χ2n) is 6.34. The highest BCUT2D eigenvalue weighted by molar-refractivity contribution is 7.84. The zero-order valence-corrected chi connectivity index (χ0v) is 20.4. The van der Waals surface area contributed by atoms with Gasteiger partial charge in [0.15, 0.2) is 5.69 Å². The minimum atomic E-state index is -1.58. The second kappa shape index (κ2) is 10.8. The van der Waals surface area contributed by atoms with E-state index in [1.54, 1.807) is 37.3 Å². The molecular formula is C22H22Cl2NO4PS. The summed E-state index contributed by atoms with van der Waals surface area (Å²) in [7, 11) is -3.06. The smallest absolute Gasteiger partial charge is 0.356 e. The van der Waals surface area contributed by atoms with Crippen LogP contribution in [0.25, 0.3) is 10.9 Å². The van der Waals surface area contributed by atoms with Gasteiger partial charge in [0.2, 0.25) is 0 Å². The fourth-order valence-corrected chi connectivity index (χ4v) is 6.85. The van der Waals surface area contributed by atoms with Gasteiger partial charge in [0, 0.05) is 32.6 Å². The monoisotopic (exact) mass is 497 g/mol. The summed E-state index contributed by atoms with van der Waals surface area (Å²) in [5, 5.41) is 3.16. The first-order valence-electron chi connectivity index (χ1n) is 9.62. The molecule has 2 aromatic carbocycles. The molecule has 3 rings (SSSR count). The molecular weight excluding hydrogens is 476 g/mol. The molecule has 31 heavy (non-hydrogen) atoms. The van der Waals surface area contributed by atoms with E-state index >= 15 is 0 Å². The first-order valence-corrected chi connectivity index (χ1v) is 12.9. The Kier molecular flexibility index (Phi) is 8.31. The largest absolute Gasteiger partial charge is 0.461 e. The Bertz CT molecular complexity index is 1150. The van der Waals surface area contributed by atoms with E-state index in [0.717, 1.165) is 5.30 Å². The molecule has 0 aliphatic rings. The lowest BCUT2D eigenvalue weighted by molar-refractivity contribution is 0.0520. The number of rotatable bonds is 9. The van der Waals surface area contributed by atoms with Crippen molar-refractivity contribution in [2.45, 2.75) is 13.8 Å². The average Bonchev–Trinajstić information content (AvgIpc) is 3.06. The third-order valence-electron chi connectivity index (χ3n) is 4.30. The average molecular weight is 498 g/mol. The number of aromatic nitrogens is 1. The predicted molar refractivity (Wildman–Crippen MR) is 131 cm³/mol. The van der Waals surface area contributed by atoms with Crippen molar-refractivity contribution in [1.29, 1.82) is 0 Å². The number of carbonyl (C=O) groups excluding carboxylic acids is 1. The van der Waals surface area contributed by atoms with Crippen LogP contribution < -0.4 is 10.6 Å². The standard InChI is InChI=1S/C22H22Cl2NO4PS/c1-4-12-31(27)25-19-11-10-16(24)14-18(19)21(20(25)22(26)28-5-2)30(29-6-3)17-9-7-8-15(23)13-17/h4,7-11,13-14H,1,5-6,12H2,2-3H3. The highest BCUT2D eigenvalue weighted by Crippen LogP contribution is 2.41. The topological polar surface area (TPSA) is 57.5 Å². The molecule has 1 heterocycles. The van der Waals surface area contributed by atoms with Crippen molar-refractivity contribution in [1.82, 2.24) is 3.97 Å². The summed E-state index contributed by atoms with van der Waals surface area (Å²) in [4.78, 5) is 13.1. The minimum absolute atomic E-state index is 0.169. The van der Waals surface area contributed by atoms with Crippen LogP contribution in [-0.2, 0) is 20.2 Å². The van der Waals surface area contributed by atoms with Crippen LogP contribution >= 0.6 is 31.4 Å². The molecule has 0 saturated heterocycles. The van der Waals surface area contributed by atoms with Crippen LogP contribution in [0, 0.1) is 0 Å². The molecule has 0 N–H and O–H groups in total. The Morgan fingerprint density at radius 2 is 1.90 bits per heavy atom. The fraction of sp³-hybridized carbons (Fsp3) is 0.227. The van der Waals surface area contributed by atoms with Crippen molar-refractivity contribution in [3.63, 3.8) is 0 Å². The molecule has 2 unspecified atom stereocenters. The molecule has 0 bridgehead atoms. The quantitative estimate of drug-likeness (QED) is 0.231. The van der Waals surface area contributed by atoms with Gasteiger partial charge in [-0.1, -0.05) is 41.4 Å². The van der Waals surface area contributed by atoms with Crippen molar-refractivity contribution in [2.75, 3.05) is 19.0 Å². The van der Waals surface area contributed by atoms with Crippen LogP contribution in [0.5, 0.6) is 0 Å². The predicted octanol–water partition coefficient (Wildman–Crippen LogP) is 5.21. The number of ether oxygens (including phenoxy) is 1. The number of nitrogens with zero attached hydrogens (tertiary/aromatic N) is 1. The van der Waals surface area contributed by atoms with Crippen LogP contribution in [0.4, 0.5) is 0 Å². The lowest BCUT2D eigenvalue weighted by Crippen LogP contribution is -2.25. The third kappa shape index (κ3) is 5.05. The molecule has 1 aromatic heterocycles. The van der Waals surface area contributed by atoms with Crippen LogP contribution in [-0.4, -0.2) is 33.1 Å². The van der Waals surface area contributed by atoms with E-state index in [9.17, 15) is 9.00 Å². The van der Waals surface area contributed by atoms with Crippen LogP contribution in [0.3, 0.4) is 0 Å². The second-order valence-corrected chi connectivity index (χ2v) is 10.4. The van der Waals surface area contributed by atoms with Crippen LogP contribution in [0.1, 0.15) is 24.3 Å². The van der Waals surface area contributed by atoms with Crippen molar-refractivity contribution >= 4 is 69.8 Å². The molecule has 0 amide bonds. The lowest BCUT2D eigenvalue weighted by atomic mass is 10.2. The summed E-state index contributed by atoms with van der Waals surface area (Å²) >= 11 is 12.6. The summed E-state index contributed by atoms with van der Waals surface area (Å²) in [5.74, 6) is -0.404. The van der Waals surface area contributed by atoms with Gasteiger partial charge in [-0.25, -0.2) is 9.00 Å². The maximum atomic E-state index is 13.2. The van der Waals surface area contributed by atoms with E-state index in [-0.39, 0.29) is 18.1 Å². The van der Waals surface area contributed by atoms with Crippen molar-refractivity contribution in [2.24, 2.45) is 0 Å². The normalized spacial score (nSPS) is 13.2. The Morgan fingerprint density at radius 3 is 2.55 bits per heavy atom. The molecule has 164 valence electrons. The molecule has 2 atom stereocenters. The minimum Gasteiger partial charge on any atom is -0.461 e. The number of hydrogen-bond donors (Lipinski definition) is 0. The van der Waals surface area contributed by atoms with Gasteiger partial charge in [0.1, 0.15) is 11.0 Å². The van der Waals surface area contributed by atoms with Crippen molar-refractivity contribution in [3.05, 3.63) is 70.9 Å². The highest BCUT2D eigenvalue weighted by Gasteiger charge is 2.32. The van der Waals surface area contributed by atoms with E-state index in [0.29, 0.717) is 32.9 Å². The number of halogens is 2. The maximum absolute atomic E-state index is 13.2. The van der Waals surface area contributed by atoms with Gasteiger partial charge in [-0.05, 0) is 44.2 Å². The summed E-state index contributed by atoms with van der Waals surface area (Å²) in [6, 6.07) is 12.5. The Hall–Kier alpha value is -1.69. The number of benzene rings is 2. The fourth-order valence-electron chi connectivity index (χ4n) is 3.19. The number of hydrogen-bond acceptors (Lipinski definition) is 4. The molecule has 0 saturated carbocycles. The summed E-state index contributed by atoms with van der Waals surface area (Å²) in [5.41, 5.74) is 0.802. The molecule has 0 aliphatic heterocycles. The summed E-state index contributed by atoms with van der Waals surface area (Å²) < 4.78 is 26.2. The van der Waals surface area contributed by atoms with E-state index in [1.807, 2.05) is 25.1 Å². The number of esters is 1. The number of carbonyl (C=O) groups is 1. The molecule has 5 nitrogen and oxygen atoms in total. The van der Waals surface area contributed by atoms with Crippen molar-refractivity contribution in [3.8, 4) is 0 Å². The first-order chi connectivity index (χ1) is 14.9. The van der Waals surface area contributed by atoms with Crippen LogP contribution in [0.15, 0.2) is 55.1 Å². The maximum Gasteiger partial charge on any atom is 0.356 e. The summed E-state index contributed by atoms with van der Waals surface area (Å²) in [6.07, 6.45) is 1.55. The summed E-state index contributed by atoms with van der Waals surface area (Å²) in [6.45, 7) is 7.87. The van der Waals surface area contributed by atoms with Gasteiger partial charge in [0.05, 0.1) is 26.0 Å². The molecule has 3 aromatic rings. The SMILES string of the molecule is C=CCS(=O)n1c(C(=O)OCC)c(P(OCC)c2cccc(Cl)c2)c2cc(Cl)ccc21. The molecule has 0 aliphatic carbocycles. The van der Waals surface area contributed by atoms with Gasteiger partial charge in [0.25, 0.3) is 0 Å². The van der Waals surface area contributed by atoms with Gasteiger partial charge in [-0.15, -0.1) is 6.58 Å². The Labute approximate surface area is 195 Å². The Morgan fingerprint density at radius 1 is 1.16 bits per heavy atom. The van der Waals surface area contributed by atoms with Gasteiger partial charge >= 0.3 is 5.97 Å². The van der Waals surface area contributed by atoms with Crippen molar-refractivity contribution < 1.29 is 18.3 Å². The van der Waals surface area contributed by atoms with E-state index in [4.69, 9.17) is 32.5 Å². The first kappa shape index (κ1) is 24.0. The van der Waals surface area contributed by atoms with E-state index in [1.165, 1.54) is 3.97 Å². The van der Waals surface area contributed by atoms with Gasteiger partial charge in [-0.3, -0.25) is 3.97 Å². The molecule has 0 spiro atoms. The lowest BCUT2D eigenvalue weighted by Gasteiger charge is -2.19.